The van der Waals surface area contributed by atoms with E-state index in [0.29, 0.717) is 17.1 Å². The van der Waals surface area contributed by atoms with Crippen molar-refractivity contribution in [3.63, 3.8) is 0 Å². The molecule has 5 unspecified atom stereocenters. The Morgan fingerprint density at radius 3 is 2.60 bits per heavy atom. The lowest BCUT2D eigenvalue weighted by Gasteiger charge is -2.36. The van der Waals surface area contributed by atoms with Crippen LogP contribution >= 0.6 is 11.8 Å². The van der Waals surface area contributed by atoms with Crippen molar-refractivity contribution in [3.8, 4) is 0 Å². The Kier molecular flexibility index (Phi) is 5.85. The summed E-state index contributed by atoms with van der Waals surface area (Å²) in [6.07, 6.45) is 4.25. The van der Waals surface area contributed by atoms with Crippen molar-refractivity contribution in [2.75, 3.05) is 18.1 Å². The van der Waals surface area contributed by atoms with Crippen molar-refractivity contribution in [2.24, 2.45) is 16.8 Å². The highest BCUT2D eigenvalue weighted by atomic mass is 32.2. The molecule has 8 nitrogen and oxygen atoms in total. The first-order valence-corrected chi connectivity index (χ1v) is 13.4. The number of nitrogens with one attached hydrogen (secondary N) is 1. The maximum Gasteiger partial charge on any atom is 0.407 e. The minimum atomic E-state index is -3.04. The third kappa shape index (κ3) is 4.79. The Balaban J connectivity index is 1.41. The lowest BCUT2D eigenvalue weighted by atomic mass is 9.93. The van der Waals surface area contributed by atoms with E-state index in [1.54, 1.807) is 20.8 Å². The molecule has 0 aromatic carbocycles. The van der Waals surface area contributed by atoms with Crippen molar-refractivity contribution < 1.29 is 22.7 Å². The van der Waals surface area contributed by atoms with Crippen LogP contribution in [0.2, 0.25) is 0 Å². The summed E-state index contributed by atoms with van der Waals surface area (Å²) in [7, 11) is -3.04. The molecule has 2 heterocycles. The van der Waals surface area contributed by atoms with Gasteiger partial charge in [-0.15, -0.1) is 0 Å². The Hall–Kier alpha value is -1.29. The number of carbonyl (C=O) groups is 2. The Labute approximate surface area is 182 Å². The zero-order chi connectivity index (χ0) is 21.7. The van der Waals surface area contributed by atoms with Crippen molar-refractivity contribution in [3.05, 3.63) is 0 Å². The number of amides is 2. The Bertz CT molecular complexity index is 851. The molecule has 10 heteroatoms. The number of carbonyl (C=O) groups excluding carboxylic acids is 2. The zero-order valence-electron chi connectivity index (χ0n) is 17.8. The number of ether oxygens (including phenoxy) is 1. The molecule has 2 bridgehead atoms. The number of rotatable bonds is 4. The number of amidine groups is 1. The van der Waals surface area contributed by atoms with Gasteiger partial charge in [0, 0.05) is 24.3 Å². The molecule has 2 saturated heterocycles. The third-order valence-electron chi connectivity index (χ3n) is 6.39. The van der Waals surface area contributed by atoms with Gasteiger partial charge in [-0.2, -0.15) is 4.99 Å². The first-order chi connectivity index (χ1) is 14.0. The molecule has 2 aliphatic heterocycles. The van der Waals surface area contributed by atoms with Crippen LogP contribution in [0.15, 0.2) is 4.99 Å². The second-order valence-electron chi connectivity index (χ2n) is 9.92. The summed E-state index contributed by atoms with van der Waals surface area (Å²) in [6.45, 7) is 5.50. The largest absolute Gasteiger partial charge is 0.444 e. The van der Waals surface area contributed by atoms with E-state index in [-0.39, 0.29) is 41.7 Å². The fraction of sp³-hybridized carbons (Fsp3) is 0.850. The van der Waals surface area contributed by atoms with Gasteiger partial charge in [0.15, 0.2) is 15.0 Å². The minimum absolute atomic E-state index is 0.0411. The molecule has 1 N–H and O–H groups in total. The molecule has 5 atom stereocenters. The normalized spacial score (nSPS) is 35.6. The topological polar surface area (TPSA) is 105 Å². The number of alkyl carbamates (subject to hydrolysis) is 1. The van der Waals surface area contributed by atoms with Gasteiger partial charge in [-0.3, -0.25) is 4.79 Å². The van der Waals surface area contributed by atoms with E-state index in [1.165, 1.54) is 31.0 Å². The van der Waals surface area contributed by atoms with Crippen LogP contribution in [0.5, 0.6) is 0 Å². The van der Waals surface area contributed by atoms with Crippen molar-refractivity contribution >= 4 is 38.8 Å². The monoisotopic (exact) mass is 457 g/mol. The van der Waals surface area contributed by atoms with E-state index in [4.69, 9.17) is 4.74 Å². The van der Waals surface area contributed by atoms with Gasteiger partial charge in [-0.05, 0) is 51.9 Å². The number of fused-ring (bicyclic) bond motifs is 3. The molecule has 0 radical (unpaired) electrons. The van der Waals surface area contributed by atoms with E-state index in [2.05, 4.69) is 15.2 Å². The predicted molar refractivity (Wildman–Crippen MR) is 116 cm³/mol. The van der Waals surface area contributed by atoms with E-state index in [0.717, 1.165) is 12.3 Å². The van der Waals surface area contributed by atoms with E-state index < -0.39 is 21.5 Å². The average molecular weight is 458 g/mol. The quantitative estimate of drug-likeness (QED) is 0.690. The Morgan fingerprint density at radius 2 is 1.97 bits per heavy atom. The fourth-order valence-electron chi connectivity index (χ4n) is 5.28. The highest BCUT2D eigenvalue weighted by molar-refractivity contribution is 8.15. The summed E-state index contributed by atoms with van der Waals surface area (Å²) in [5, 5.41) is 3.22. The fourth-order valence-corrected chi connectivity index (χ4v) is 9.27. The van der Waals surface area contributed by atoms with Crippen molar-refractivity contribution in [2.45, 2.75) is 75.8 Å². The molecular formula is C20H31N3O5S2. The van der Waals surface area contributed by atoms with Crippen LogP contribution in [0.4, 0.5) is 4.79 Å². The van der Waals surface area contributed by atoms with Crippen LogP contribution in [-0.4, -0.2) is 71.5 Å². The molecule has 0 aromatic heterocycles. The van der Waals surface area contributed by atoms with Crippen LogP contribution in [0.3, 0.4) is 0 Å². The van der Waals surface area contributed by atoms with Crippen LogP contribution in [-0.2, 0) is 19.4 Å². The van der Waals surface area contributed by atoms with Crippen LogP contribution in [0.25, 0.3) is 0 Å². The lowest BCUT2D eigenvalue weighted by Crippen LogP contribution is -2.47. The molecule has 0 spiro atoms. The first-order valence-electron chi connectivity index (χ1n) is 10.7. The molecule has 4 fully saturated rings. The summed E-state index contributed by atoms with van der Waals surface area (Å²) in [5.41, 5.74) is -0.589. The maximum atomic E-state index is 12.5. The molecule has 0 aromatic rings. The van der Waals surface area contributed by atoms with Crippen molar-refractivity contribution in [1.29, 1.82) is 0 Å². The van der Waals surface area contributed by atoms with Gasteiger partial charge >= 0.3 is 6.09 Å². The van der Waals surface area contributed by atoms with E-state index in [1.807, 2.05) is 0 Å². The number of hydrogen-bond donors (Lipinski definition) is 1. The van der Waals surface area contributed by atoms with Crippen LogP contribution in [0, 0.1) is 11.8 Å². The Morgan fingerprint density at radius 1 is 1.20 bits per heavy atom. The second-order valence-corrected chi connectivity index (χ2v) is 13.3. The first kappa shape index (κ1) is 21.9. The zero-order valence-corrected chi connectivity index (χ0v) is 19.4. The van der Waals surface area contributed by atoms with Crippen LogP contribution < -0.4 is 5.32 Å². The smallest absolute Gasteiger partial charge is 0.407 e. The molecule has 2 saturated carbocycles. The second kappa shape index (κ2) is 8.00. The lowest BCUT2D eigenvalue weighted by molar-refractivity contribution is -0.117. The standard InChI is InChI=1S/C20H31N3O5S2/c1-20(2,3)28-19(25)21-7-6-17(24)22-18-23(14-9-12-4-5-13(14)8-12)15-10-30(26,27)11-16(15)29-18/h12-16H,4-11H2,1-3H3,(H,21,25). The van der Waals surface area contributed by atoms with Crippen LogP contribution in [0.1, 0.15) is 52.9 Å². The molecule has 4 rings (SSSR count). The highest BCUT2D eigenvalue weighted by Gasteiger charge is 2.54. The number of nitrogens with zero attached hydrogens (tertiary/aromatic N) is 2. The molecule has 2 amide bonds. The SMILES string of the molecule is CC(C)(C)OC(=O)NCCC(=O)N=C1SC2CS(=O)(=O)CC2N1C1CC2CCC1C2. The molecule has 4 aliphatic rings. The van der Waals surface area contributed by atoms with Crippen molar-refractivity contribution in [1.82, 2.24) is 10.2 Å². The van der Waals surface area contributed by atoms with E-state index >= 15 is 0 Å². The van der Waals surface area contributed by atoms with Gasteiger partial charge in [0.2, 0.25) is 5.91 Å². The molecule has 168 valence electrons. The summed E-state index contributed by atoms with van der Waals surface area (Å²) in [5.74, 6) is 1.31. The molecular weight excluding hydrogens is 426 g/mol. The van der Waals surface area contributed by atoms with Gasteiger partial charge in [0.05, 0.1) is 17.5 Å². The number of sulfone groups is 1. The third-order valence-corrected chi connectivity index (χ3v) is 9.62. The summed E-state index contributed by atoms with van der Waals surface area (Å²) < 4.78 is 29.6. The average Bonchev–Trinajstić information content (AvgIpc) is 3.32. The minimum Gasteiger partial charge on any atom is -0.444 e. The number of hydrogen-bond acceptors (Lipinski definition) is 6. The number of thioether (sulfide) groups is 1. The summed E-state index contributed by atoms with van der Waals surface area (Å²) in [6, 6.07) is 0.224. The summed E-state index contributed by atoms with van der Waals surface area (Å²) >= 11 is 1.45. The molecule has 2 aliphatic carbocycles. The van der Waals surface area contributed by atoms with Gasteiger partial charge in [0.1, 0.15) is 5.60 Å². The van der Waals surface area contributed by atoms with Gasteiger partial charge in [-0.1, -0.05) is 18.2 Å². The van der Waals surface area contributed by atoms with E-state index in [9.17, 15) is 18.0 Å². The maximum absolute atomic E-state index is 12.5. The van der Waals surface area contributed by atoms with Gasteiger partial charge < -0.3 is 15.0 Å². The van der Waals surface area contributed by atoms with Gasteiger partial charge in [-0.25, -0.2) is 13.2 Å². The van der Waals surface area contributed by atoms with Gasteiger partial charge in [0.25, 0.3) is 0 Å². The highest BCUT2D eigenvalue weighted by Crippen LogP contribution is 2.51. The molecule has 30 heavy (non-hydrogen) atoms. The predicted octanol–water partition coefficient (Wildman–Crippen LogP) is 2.19. The summed E-state index contributed by atoms with van der Waals surface area (Å²) in [4.78, 5) is 30.8. The number of aliphatic imine (C=N–C) groups is 1.